The number of fused-ring (bicyclic) bond motifs is 1. The summed E-state index contributed by atoms with van der Waals surface area (Å²) in [5, 5.41) is 9.83. The lowest BCUT2D eigenvalue weighted by Crippen LogP contribution is -2.56. The zero-order valence-electron chi connectivity index (χ0n) is 12.3. The van der Waals surface area contributed by atoms with Crippen LogP contribution in [0.2, 0.25) is 0 Å². The minimum Gasteiger partial charge on any atom is -0.480 e. The molecule has 1 N–H and O–H groups in total. The van der Waals surface area contributed by atoms with Gasteiger partial charge in [0.15, 0.2) is 11.5 Å². The summed E-state index contributed by atoms with van der Waals surface area (Å²) in [5.74, 6) is 0.449. The maximum absolute atomic E-state index is 12.0. The van der Waals surface area contributed by atoms with E-state index in [4.69, 9.17) is 9.47 Å². The van der Waals surface area contributed by atoms with Crippen LogP contribution in [0, 0.1) is 0 Å². The van der Waals surface area contributed by atoms with Crippen LogP contribution in [0.5, 0.6) is 11.5 Å². The van der Waals surface area contributed by atoms with E-state index in [2.05, 4.69) is 11.9 Å². The van der Waals surface area contributed by atoms with Gasteiger partial charge in [-0.05, 0) is 31.7 Å². The molecule has 6 heteroatoms. The number of carboxylic acids is 1. The second-order valence-corrected chi connectivity index (χ2v) is 5.74. The molecule has 1 aromatic rings. The molecule has 0 spiro atoms. The zero-order valence-corrected chi connectivity index (χ0v) is 12.3. The number of carboxylic acid groups (broad SMARTS) is 1. The Hall–Kier alpha value is -1.79. The van der Waals surface area contributed by atoms with E-state index in [1.807, 2.05) is 11.0 Å². The minimum absolute atomic E-state index is 0.192. The predicted octanol–water partition coefficient (Wildman–Crippen LogP) is 0.962. The van der Waals surface area contributed by atoms with E-state index in [1.54, 1.807) is 19.1 Å². The summed E-state index contributed by atoms with van der Waals surface area (Å²) in [6, 6.07) is 5.39. The van der Waals surface area contributed by atoms with Gasteiger partial charge in [-0.25, -0.2) is 4.79 Å². The van der Waals surface area contributed by atoms with Crippen LogP contribution in [0.25, 0.3) is 0 Å². The van der Waals surface area contributed by atoms with E-state index < -0.39 is 11.5 Å². The SMILES string of the molecule is CN1CCN(C(C)(C(=O)O)c2ccc3c(c2)OCO3)CC1. The molecule has 114 valence electrons. The van der Waals surface area contributed by atoms with Crippen molar-refractivity contribution in [1.82, 2.24) is 9.80 Å². The number of benzene rings is 1. The molecule has 2 aliphatic heterocycles. The average molecular weight is 292 g/mol. The van der Waals surface area contributed by atoms with E-state index in [0.717, 1.165) is 31.7 Å². The molecule has 2 heterocycles. The van der Waals surface area contributed by atoms with Gasteiger partial charge in [-0.15, -0.1) is 0 Å². The van der Waals surface area contributed by atoms with E-state index >= 15 is 0 Å². The van der Waals surface area contributed by atoms with Gasteiger partial charge in [0, 0.05) is 26.2 Å². The molecule has 0 amide bonds. The van der Waals surface area contributed by atoms with Crippen LogP contribution in [-0.4, -0.2) is 60.9 Å². The predicted molar refractivity (Wildman–Crippen MR) is 76.6 cm³/mol. The molecule has 1 atom stereocenters. The second-order valence-electron chi connectivity index (χ2n) is 5.74. The first-order valence-electron chi connectivity index (χ1n) is 7.09. The highest BCUT2D eigenvalue weighted by Gasteiger charge is 2.43. The number of nitrogens with zero attached hydrogens (tertiary/aromatic N) is 2. The Morgan fingerprint density at radius 3 is 2.52 bits per heavy atom. The summed E-state index contributed by atoms with van der Waals surface area (Å²) in [6.07, 6.45) is 0. The molecule has 0 aliphatic carbocycles. The zero-order chi connectivity index (χ0) is 15.0. The summed E-state index contributed by atoms with van der Waals surface area (Å²) >= 11 is 0. The quantitative estimate of drug-likeness (QED) is 0.895. The smallest absolute Gasteiger partial charge is 0.328 e. The van der Waals surface area contributed by atoms with Crippen LogP contribution >= 0.6 is 0 Å². The highest BCUT2D eigenvalue weighted by atomic mass is 16.7. The molecular formula is C15H20N2O4. The van der Waals surface area contributed by atoms with Crippen LogP contribution in [0.4, 0.5) is 0 Å². The molecule has 0 bridgehead atoms. The molecule has 21 heavy (non-hydrogen) atoms. The number of piperazine rings is 1. The minimum atomic E-state index is -1.05. The summed E-state index contributed by atoms with van der Waals surface area (Å²) in [6.45, 7) is 5.15. The molecular weight excluding hydrogens is 272 g/mol. The lowest BCUT2D eigenvalue weighted by atomic mass is 9.89. The average Bonchev–Trinajstić information content (AvgIpc) is 2.94. The summed E-state index contributed by atoms with van der Waals surface area (Å²) in [4.78, 5) is 16.2. The Morgan fingerprint density at radius 1 is 1.19 bits per heavy atom. The Bertz CT molecular complexity index is 555. The van der Waals surface area contributed by atoms with Crippen molar-refractivity contribution in [2.75, 3.05) is 40.0 Å². The number of likely N-dealkylation sites (N-methyl/N-ethyl adjacent to an activating group) is 1. The van der Waals surface area contributed by atoms with Crippen molar-refractivity contribution >= 4 is 5.97 Å². The normalized spacial score (nSPS) is 22.0. The molecule has 6 nitrogen and oxygen atoms in total. The molecule has 1 fully saturated rings. The van der Waals surface area contributed by atoms with Gasteiger partial charge >= 0.3 is 5.97 Å². The van der Waals surface area contributed by atoms with Gasteiger partial charge in [0.25, 0.3) is 0 Å². The Kier molecular flexibility index (Phi) is 3.51. The first-order valence-corrected chi connectivity index (χ1v) is 7.09. The number of carbonyl (C=O) groups is 1. The largest absolute Gasteiger partial charge is 0.480 e. The van der Waals surface area contributed by atoms with Gasteiger partial charge in [0.1, 0.15) is 5.54 Å². The maximum Gasteiger partial charge on any atom is 0.328 e. The maximum atomic E-state index is 12.0. The fraction of sp³-hybridized carbons (Fsp3) is 0.533. The van der Waals surface area contributed by atoms with Crippen molar-refractivity contribution in [3.05, 3.63) is 23.8 Å². The molecule has 1 aromatic carbocycles. The van der Waals surface area contributed by atoms with Crippen molar-refractivity contribution in [2.24, 2.45) is 0 Å². The van der Waals surface area contributed by atoms with Gasteiger partial charge < -0.3 is 19.5 Å². The van der Waals surface area contributed by atoms with Gasteiger partial charge in [-0.3, -0.25) is 4.90 Å². The number of hydrogen-bond acceptors (Lipinski definition) is 5. The van der Waals surface area contributed by atoms with Crippen molar-refractivity contribution < 1.29 is 19.4 Å². The van der Waals surface area contributed by atoms with Crippen LogP contribution in [0.15, 0.2) is 18.2 Å². The molecule has 0 radical (unpaired) electrons. The van der Waals surface area contributed by atoms with Crippen molar-refractivity contribution in [3.63, 3.8) is 0 Å². The van der Waals surface area contributed by atoms with Gasteiger partial charge in [0.2, 0.25) is 6.79 Å². The Labute approximate surface area is 123 Å². The van der Waals surface area contributed by atoms with Gasteiger partial charge in [0.05, 0.1) is 0 Å². The second kappa shape index (κ2) is 5.20. The Morgan fingerprint density at radius 2 is 1.86 bits per heavy atom. The van der Waals surface area contributed by atoms with Crippen LogP contribution in [-0.2, 0) is 10.3 Å². The lowest BCUT2D eigenvalue weighted by molar-refractivity contribution is -0.152. The third-order valence-electron chi connectivity index (χ3n) is 4.49. The number of hydrogen-bond donors (Lipinski definition) is 1. The van der Waals surface area contributed by atoms with Crippen LogP contribution in [0.3, 0.4) is 0 Å². The Balaban J connectivity index is 1.95. The number of rotatable bonds is 3. The van der Waals surface area contributed by atoms with Crippen LogP contribution < -0.4 is 9.47 Å². The third kappa shape index (κ3) is 2.34. The van der Waals surface area contributed by atoms with Gasteiger partial charge in [-0.2, -0.15) is 0 Å². The summed E-state index contributed by atoms with van der Waals surface area (Å²) in [5.41, 5.74) is -0.328. The van der Waals surface area contributed by atoms with Crippen molar-refractivity contribution in [1.29, 1.82) is 0 Å². The highest BCUT2D eigenvalue weighted by molar-refractivity contribution is 5.80. The topological polar surface area (TPSA) is 62.2 Å². The first-order chi connectivity index (χ1) is 10.0. The summed E-state index contributed by atoms with van der Waals surface area (Å²) in [7, 11) is 2.05. The third-order valence-corrected chi connectivity index (χ3v) is 4.49. The summed E-state index contributed by atoms with van der Waals surface area (Å²) < 4.78 is 10.7. The fourth-order valence-corrected chi connectivity index (χ4v) is 2.89. The monoisotopic (exact) mass is 292 g/mol. The van der Waals surface area contributed by atoms with E-state index in [-0.39, 0.29) is 6.79 Å². The van der Waals surface area contributed by atoms with Crippen LogP contribution in [0.1, 0.15) is 12.5 Å². The molecule has 2 aliphatic rings. The standard InChI is InChI=1S/C15H20N2O4/c1-15(14(18)19,17-7-5-16(2)6-8-17)11-3-4-12-13(9-11)21-10-20-12/h3-4,9H,5-8,10H2,1-2H3,(H,18,19). The van der Waals surface area contributed by atoms with E-state index in [1.165, 1.54) is 0 Å². The molecule has 3 rings (SSSR count). The van der Waals surface area contributed by atoms with Gasteiger partial charge in [-0.1, -0.05) is 6.07 Å². The fourth-order valence-electron chi connectivity index (χ4n) is 2.89. The molecule has 1 saturated heterocycles. The highest BCUT2D eigenvalue weighted by Crippen LogP contribution is 2.38. The lowest BCUT2D eigenvalue weighted by Gasteiger charge is -2.42. The van der Waals surface area contributed by atoms with Crippen molar-refractivity contribution in [3.8, 4) is 11.5 Å². The molecule has 0 aromatic heterocycles. The van der Waals surface area contributed by atoms with E-state index in [9.17, 15) is 9.90 Å². The molecule has 1 unspecified atom stereocenters. The molecule has 0 saturated carbocycles. The number of ether oxygens (including phenoxy) is 2. The van der Waals surface area contributed by atoms with E-state index in [0.29, 0.717) is 11.5 Å². The first kappa shape index (κ1) is 14.2. The van der Waals surface area contributed by atoms with Crippen molar-refractivity contribution in [2.45, 2.75) is 12.5 Å². The number of aliphatic carboxylic acids is 1.